The van der Waals surface area contributed by atoms with Gasteiger partial charge in [0.15, 0.2) is 5.13 Å². The van der Waals surface area contributed by atoms with Crippen LogP contribution in [0.25, 0.3) is 11.3 Å². The Balaban J connectivity index is 1.73. The summed E-state index contributed by atoms with van der Waals surface area (Å²) < 4.78 is 0. The van der Waals surface area contributed by atoms with Gasteiger partial charge < -0.3 is 0 Å². The van der Waals surface area contributed by atoms with E-state index in [1.54, 1.807) is 16.6 Å². The third-order valence-electron chi connectivity index (χ3n) is 4.05. The number of hydrogen-bond acceptors (Lipinski definition) is 6. The van der Waals surface area contributed by atoms with Gasteiger partial charge in [-0.1, -0.05) is 47.5 Å². The highest BCUT2D eigenvalue weighted by Gasteiger charge is 2.14. The number of carbonyl (C=O) groups is 1. The summed E-state index contributed by atoms with van der Waals surface area (Å²) in [5, 5.41) is 14.1. The lowest BCUT2D eigenvalue weighted by atomic mass is 10.0. The van der Waals surface area contributed by atoms with Crippen molar-refractivity contribution in [3.8, 4) is 11.3 Å². The first-order chi connectivity index (χ1) is 13.0. The molecule has 0 saturated carbocycles. The molecule has 1 amide bonds. The lowest BCUT2D eigenvalue weighted by Gasteiger charge is -2.18. The number of aromatic nitrogens is 1. The molecule has 6 nitrogen and oxygen atoms in total. The van der Waals surface area contributed by atoms with Crippen LogP contribution in [0.1, 0.15) is 21.5 Å². The van der Waals surface area contributed by atoms with E-state index in [1.807, 2.05) is 55.7 Å². The van der Waals surface area contributed by atoms with Crippen LogP contribution >= 0.6 is 22.9 Å². The highest BCUT2D eigenvalue weighted by atomic mass is 35.5. The lowest BCUT2D eigenvalue weighted by Crippen LogP contribution is -2.34. The zero-order valence-corrected chi connectivity index (χ0v) is 16.4. The minimum atomic E-state index is -0.534. The first-order valence-electron chi connectivity index (χ1n) is 8.21. The summed E-state index contributed by atoms with van der Waals surface area (Å²) >= 11 is 7.73. The number of hydrazine groups is 1. The fourth-order valence-corrected chi connectivity index (χ4v) is 3.60. The van der Waals surface area contributed by atoms with Crippen molar-refractivity contribution in [3.05, 3.63) is 69.6 Å². The molecule has 0 saturated heterocycles. The van der Waals surface area contributed by atoms with Crippen LogP contribution in [0.3, 0.4) is 0 Å². The molecule has 0 aliphatic rings. The number of amides is 1. The molecule has 0 atom stereocenters. The summed E-state index contributed by atoms with van der Waals surface area (Å²) in [4.78, 5) is 16.5. The highest BCUT2D eigenvalue weighted by molar-refractivity contribution is 7.14. The molecular formula is C19H19ClN4O2S. The maximum Gasteiger partial charge on any atom is 0.274 e. The van der Waals surface area contributed by atoms with Gasteiger partial charge in [0.25, 0.3) is 5.91 Å². The number of hydroxylamine groups is 1. The van der Waals surface area contributed by atoms with Crippen molar-refractivity contribution >= 4 is 34.0 Å². The molecule has 0 aliphatic carbocycles. The summed E-state index contributed by atoms with van der Waals surface area (Å²) in [5.41, 5.74) is 8.74. The number of nitrogens with zero attached hydrogens (tertiary/aromatic N) is 2. The van der Waals surface area contributed by atoms with Crippen molar-refractivity contribution in [1.29, 1.82) is 0 Å². The van der Waals surface area contributed by atoms with Crippen molar-refractivity contribution in [2.45, 2.75) is 13.5 Å². The molecule has 0 spiro atoms. The molecule has 2 aromatic carbocycles. The number of benzene rings is 2. The molecule has 0 bridgehead atoms. The van der Waals surface area contributed by atoms with Gasteiger partial charge in [-0.05, 0) is 24.6 Å². The van der Waals surface area contributed by atoms with Crippen LogP contribution in [0, 0.1) is 6.92 Å². The van der Waals surface area contributed by atoms with Crippen molar-refractivity contribution < 1.29 is 10.0 Å². The zero-order chi connectivity index (χ0) is 19.4. The minimum Gasteiger partial charge on any atom is -0.288 e. The Morgan fingerprint density at radius 1 is 1.30 bits per heavy atom. The second kappa shape index (κ2) is 8.49. The quantitative estimate of drug-likeness (QED) is 0.428. The van der Waals surface area contributed by atoms with E-state index in [0.29, 0.717) is 17.1 Å². The van der Waals surface area contributed by atoms with Crippen LogP contribution in [0.2, 0.25) is 5.02 Å². The number of aryl methyl sites for hydroxylation is 1. The second-order valence-electron chi connectivity index (χ2n) is 5.99. The Morgan fingerprint density at radius 2 is 2.07 bits per heavy atom. The lowest BCUT2D eigenvalue weighted by molar-refractivity contribution is 0.0705. The minimum absolute atomic E-state index is 0.403. The summed E-state index contributed by atoms with van der Waals surface area (Å²) in [6.07, 6.45) is 0. The molecule has 0 fully saturated rings. The SMILES string of the molecule is Cc1ccc(CNN(C)c2nc(-c3ccccc3Cl)cs2)c(C(=O)NO)c1. The van der Waals surface area contributed by atoms with Gasteiger partial charge in [0.1, 0.15) is 0 Å². The van der Waals surface area contributed by atoms with E-state index in [2.05, 4.69) is 10.4 Å². The van der Waals surface area contributed by atoms with Gasteiger partial charge in [-0.3, -0.25) is 15.0 Å². The molecule has 8 heteroatoms. The van der Waals surface area contributed by atoms with Crippen LogP contribution in [0.15, 0.2) is 47.8 Å². The molecule has 3 aromatic rings. The molecule has 3 N–H and O–H groups in total. The summed E-state index contributed by atoms with van der Waals surface area (Å²) in [6.45, 7) is 2.30. The standard InChI is InChI=1S/C19H19ClN4O2S/c1-12-7-8-13(15(9-12)18(25)23-26)10-21-24(2)19-22-17(11-27-19)14-5-3-4-6-16(14)20/h3-9,11,21,26H,10H2,1-2H3,(H,23,25). The number of hydrogen-bond donors (Lipinski definition) is 3. The van der Waals surface area contributed by atoms with Crippen LogP contribution in [0.5, 0.6) is 0 Å². The summed E-state index contributed by atoms with van der Waals surface area (Å²) in [6, 6.07) is 13.1. The molecule has 1 heterocycles. The number of anilines is 1. The van der Waals surface area contributed by atoms with E-state index in [-0.39, 0.29) is 0 Å². The Labute approximate surface area is 166 Å². The van der Waals surface area contributed by atoms with E-state index < -0.39 is 5.91 Å². The Kier molecular flexibility index (Phi) is 6.08. The zero-order valence-electron chi connectivity index (χ0n) is 14.9. The van der Waals surface area contributed by atoms with Crippen molar-refractivity contribution in [2.75, 3.05) is 12.1 Å². The highest BCUT2D eigenvalue weighted by Crippen LogP contribution is 2.31. The first kappa shape index (κ1) is 19.3. The molecule has 27 heavy (non-hydrogen) atoms. The third-order valence-corrected chi connectivity index (χ3v) is 5.29. The molecule has 0 unspecified atom stereocenters. The van der Waals surface area contributed by atoms with E-state index in [4.69, 9.17) is 16.8 Å². The third kappa shape index (κ3) is 4.45. The Bertz CT molecular complexity index is 960. The molecule has 0 aliphatic heterocycles. The first-order valence-corrected chi connectivity index (χ1v) is 9.47. The average Bonchev–Trinajstić information content (AvgIpc) is 3.16. The predicted molar refractivity (Wildman–Crippen MR) is 108 cm³/mol. The number of thiazole rings is 1. The Morgan fingerprint density at radius 3 is 2.81 bits per heavy atom. The van der Waals surface area contributed by atoms with Gasteiger partial charge in [0.2, 0.25) is 0 Å². The second-order valence-corrected chi connectivity index (χ2v) is 7.23. The van der Waals surface area contributed by atoms with Gasteiger partial charge in [-0.25, -0.2) is 15.9 Å². The van der Waals surface area contributed by atoms with Crippen molar-refractivity contribution in [2.24, 2.45) is 0 Å². The summed E-state index contributed by atoms with van der Waals surface area (Å²) in [7, 11) is 1.86. The van der Waals surface area contributed by atoms with Crippen LogP contribution in [-0.4, -0.2) is 23.1 Å². The van der Waals surface area contributed by atoms with Crippen molar-refractivity contribution in [3.63, 3.8) is 0 Å². The molecular weight excluding hydrogens is 384 g/mol. The smallest absolute Gasteiger partial charge is 0.274 e. The number of nitrogens with one attached hydrogen (secondary N) is 2. The van der Waals surface area contributed by atoms with Gasteiger partial charge in [0, 0.05) is 35.1 Å². The number of halogens is 1. The topological polar surface area (TPSA) is 77.5 Å². The van der Waals surface area contributed by atoms with Gasteiger partial charge >= 0.3 is 0 Å². The van der Waals surface area contributed by atoms with Gasteiger partial charge in [-0.2, -0.15) is 0 Å². The van der Waals surface area contributed by atoms with Gasteiger partial charge in [0.05, 0.1) is 5.69 Å². The van der Waals surface area contributed by atoms with Crippen LogP contribution < -0.4 is 15.9 Å². The maximum absolute atomic E-state index is 11.9. The fraction of sp³-hybridized carbons (Fsp3) is 0.158. The monoisotopic (exact) mass is 402 g/mol. The normalized spacial score (nSPS) is 10.7. The van der Waals surface area contributed by atoms with E-state index in [0.717, 1.165) is 27.5 Å². The van der Waals surface area contributed by atoms with E-state index in [1.165, 1.54) is 11.3 Å². The molecule has 140 valence electrons. The van der Waals surface area contributed by atoms with E-state index in [9.17, 15) is 4.79 Å². The average molecular weight is 403 g/mol. The van der Waals surface area contributed by atoms with Crippen LogP contribution in [-0.2, 0) is 6.54 Å². The molecule has 0 radical (unpaired) electrons. The maximum atomic E-state index is 11.9. The largest absolute Gasteiger partial charge is 0.288 e. The van der Waals surface area contributed by atoms with E-state index >= 15 is 0 Å². The van der Waals surface area contributed by atoms with Gasteiger partial charge in [-0.15, -0.1) is 11.3 Å². The molecule has 3 rings (SSSR count). The number of rotatable bonds is 6. The van der Waals surface area contributed by atoms with Crippen LogP contribution in [0.4, 0.5) is 5.13 Å². The van der Waals surface area contributed by atoms with Crippen molar-refractivity contribution in [1.82, 2.24) is 15.9 Å². The Hall–Kier alpha value is -2.45. The summed E-state index contributed by atoms with van der Waals surface area (Å²) in [5.74, 6) is -0.534. The fourth-order valence-electron chi connectivity index (χ4n) is 2.60. The number of carbonyl (C=O) groups excluding carboxylic acids is 1. The molecule has 1 aromatic heterocycles. The predicted octanol–water partition coefficient (Wildman–Crippen LogP) is 4.03.